The van der Waals surface area contributed by atoms with Gasteiger partial charge >= 0.3 is 0 Å². The second-order valence-electron chi connectivity index (χ2n) is 3.81. The van der Waals surface area contributed by atoms with E-state index >= 15 is 0 Å². The van der Waals surface area contributed by atoms with Gasteiger partial charge in [0, 0.05) is 23.7 Å². The van der Waals surface area contributed by atoms with Gasteiger partial charge in [0.25, 0.3) is 0 Å². The lowest BCUT2D eigenvalue weighted by molar-refractivity contribution is 0.0594. The Labute approximate surface area is 112 Å². The molecule has 0 amide bonds. The van der Waals surface area contributed by atoms with Gasteiger partial charge in [-0.25, -0.2) is 0 Å². The average Bonchev–Trinajstić information content (AvgIpc) is 2.27. The summed E-state index contributed by atoms with van der Waals surface area (Å²) in [5, 5.41) is 13.9. The fourth-order valence-corrected chi connectivity index (χ4v) is 1.91. The molecule has 0 spiro atoms. The molecule has 2 N–H and O–H groups in total. The Kier molecular flexibility index (Phi) is 6.85. The van der Waals surface area contributed by atoms with Crippen LogP contribution in [0.15, 0.2) is 18.2 Å². The summed E-state index contributed by atoms with van der Waals surface area (Å²) in [6.07, 6.45) is 0.229. The van der Waals surface area contributed by atoms with E-state index in [1.807, 2.05) is 12.1 Å². The molecule has 0 aromatic heterocycles. The van der Waals surface area contributed by atoms with Gasteiger partial charge in [-0.2, -0.15) is 0 Å². The van der Waals surface area contributed by atoms with Crippen molar-refractivity contribution in [2.45, 2.75) is 19.1 Å². The summed E-state index contributed by atoms with van der Waals surface area (Å²) >= 11 is 11.8. The number of nitrogens with one attached hydrogen (secondary N) is 1. The van der Waals surface area contributed by atoms with Gasteiger partial charge in [-0.05, 0) is 30.7 Å². The third-order valence-electron chi connectivity index (χ3n) is 2.34. The van der Waals surface area contributed by atoms with Gasteiger partial charge in [0.2, 0.25) is 0 Å². The van der Waals surface area contributed by atoms with Crippen molar-refractivity contribution in [3.63, 3.8) is 0 Å². The molecule has 0 aliphatic rings. The minimum atomic E-state index is -0.423. The minimum absolute atomic E-state index is 0.364. The molecule has 0 radical (unpaired) electrons. The molecule has 1 unspecified atom stereocenters. The van der Waals surface area contributed by atoms with E-state index in [9.17, 15) is 5.11 Å². The van der Waals surface area contributed by atoms with Gasteiger partial charge in [-0.15, -0.1) is 0 Å². The van der Waals surface area contributed by atoms with Crippen molar-refractivity contribution in [1.29, 1.82) is 0 Å². The van der Waals surface area contributed by atoms with Crippen LogP contribution in [0, 0.1) is 0 Å². The fraction of sp³-hybridized carbons (Fsp3) is 0.500. The molecule has 96 valence electrons. The van der Waals surface area contributed by atoms with Gasteiger partial charge < -0.3 is 15.2 Å². The number of aliphatic hydroxyl groups excluding tert-OH is 1. The Bertz CT molecular complexity index is 347. The molecular weight excluding hydrogens is 261 g/mol. The van der Waals surface area contributed by atoms with Gasteiger partial charge in [0.1, 0.15) is 0 Å². The molecule has 3 nitrogen and oxygen atoms in total. The van der Waals surface area contributed by atoms with Crippen molar-refractivity contribution >= 4 is 23.2 Å². The van der Waals surface area contributed by atoms with Gasteiger partial charge in [0.05, 0.1) is 12.7 Å². The maximum Gasteiger partial charge on any atom is 0.0785 e. The first-order chi connectivity index (χ1) is 8.13. The normalized spacial score (nSPS) is 12.7. The highest BCUT2D eigenvalue weighted by atomic mass is 35.5. The quantitative estimate of drug-likeness (QED) is 0.753. The van der Waals surface area contributed by atoms with Crippen molar-refractivity contribution in [3.05, 3.63) is 33.8 Å². The number of benzene rings is 1. The third kappa shape index (κ3) is 5.70. The minimum Gasteiger partial charge on any atom is -0.391 e. The molecule has 0 saturated heterocycles. The second-order valence-corrected chi connectivity index (χ2v) is 4.65. The third-order valence-corrected chi connectivity index (χ3v) is 2.93. The van der Waals surface area contributed by atoms with Crippen LogP contribution in [-0.4, -0.2) is 31.5 Å². The van der Waals surface area contributed by atoms with E-state index in [2.05, 4.69) is 5.32 Å². The molecule has 0 aliphatic heterocycles. The SMILES string of the molecule is COCC(O)CCNCc1ccc(Cl)cc1Cl. The van der Waals surface area contributed by atoms with E-state index in [-0.39, 0.29) is 0 Å². The predicted octanol–water partition coefficient (Wildman–Crippen LogP) is 2.48. The van der Waals surface area contributed by atoms with Crippen LogP contribution in [0.5, 0.6) is 0 Å². The molecular formula is C12H17Cl2NO2. The first-order valence-electron chi connectivity index (χ1n) is 5.45. The molecule has 1 atom stereocenters. The molecule has 1 aromatic rings. The number of halogens is 2. The highest BCUT2D eigenvalue weighted by Crippen LogP contribution is 2.20. The Balaban J connectivity index is 2.26. The molecule has 1 aromatic carbocycles. The topological polar surface area (TPSA) is 41.5 Å². The standard InChI is InChI=1S/C12H17Cl2NO2/c1-17-8-11(16)4-5-15-7-9-2-3-10(13)6-12(9)14/h2-3,6,11,15-16H,4-5,7-8H2,1H3. The lowest BCUT2D eigenvalue weighted by Gasteiger charge is -2.10. The highest BCUT2D eigenvalue weighted by Gasteiger charge is 2.04. The zero-order valence-electron chi connectivity index (χ0n) is 9.75. The Hall–Kier alpha value is -0.320. The van der Waals surface area contributed by atoms with E-state index in [0.717, 1.165) is 5.56 Å². The summed E-state index contributed by atoms with van der Waals surface area (Å²) in [5.41, 5.74) is 0.997. The lowest BCUT2D eigenvalue weighted by Crippen LogP contribution is -2.23. The molecule has 5 heteroatoms. The Morgan fingerprint density at radius 3 is 2.82 bits per heavy atom. The van der Waals surface area contributed by atoms with Gasteiger partial charge in [0.15, 0.2) is 0 Å². The van der Waals surface area contributed by atoms with Gasteiger partial charge in [-0.1, -0.05) is 29.3 Å². The highest BCUT2D eigenvalue weighted by molar-refractivity contribution is 6.35. The number of hydrogen-bond acceptors (Lipinski definition) is 3. The molecule has 0 heterocycles. The first-order valence-corrected chi connectivity index (χ1v) is 6.20. The predicted molar refractivity (Wildman–Crippen MR) is 70.7 cm³/mol. The fourth-order valence-electron chi connectivity index (χ4n) is 1.43. The Morgan fingerprint density at radius 2 is 2.18 bits per heavy atom. The van der Waals surface area contributed by atoms with E-state index in [4.69, 9.17) is 27.9 Å². The number of hydrogen-bond donors (Lipinski definition) is 2. The summed E-state index contributed by atoms with van der Waals surface area (Å²) in [4.78, 5) is 0. The van der Waals surface area contributed by atoms with Crippen LogP contribution in [-0.2, 0) is 11.3 Å². The number of aliphatic hydroxyl groups is 1. The second kappa shape index (κ2) is 7.90. The average molecular weight is 278 g/mol. The van der Waals surface area contributed by atoms with E-state index < -0.39 is 6.10 Å². The van der Waals surface area contributed by atoms with Crippen LogP contribution in [0.2, 0.25) is 10.0 Å². The van der Waals surface area contributed by atoms with Crippen molar-refractivity contribution < 1.29 is 9.84 Å². The summed E-state index contributed by atoms with van der Waals surface area (Å²) in [7, 11) is 1.57. The van der Waals surface area contributed by atoms with Crippen LogP contribution in [0.1, 0.15) is 12.0 Å². The molecule has 0 bridgehead atoms. The molecule has 1 rings (SSSR count). The van der Waals surface area contributed by atoms with E-state index in [1.54, 1.807) is 13.2 Å². The van der Waals surface area contributed by atoms with Crippen LogP contribution in [0.3, 0.4) is 0 Å². The number of methoxy groups -OCH3 is 1. The lowest BCUT2D eigenvalue weighted by atomic mass is 10.2. The largest absolute Gasteiger partial charge is 0.391 e. The summed E-state index contributed by atoms with van der Waals surface area (Å²) in [6, 6.07) is 5.42. The number of rotatable bonds is 7. The van der Waals surface area contributed by atoms with E-state index in [0.29, 0.717) is 36.2 Å². The molecule has 0 saturated carbocycles. The van der Waals surface area contributed by atoms with Crippen LogP contribution in [0.25, 0.3) is 0 Å². The van der Waals surface area contributed by atoms with Crippen molar-refractivity contribution in [3.8, 4) is 0 Å². The van der Waals surface area contributed by atoms with E-state index in [1.165, 1.54) is 0 Å². The maximum absolute atomic E-state index is 9.43. The summed E-state index contributed by atoms with van der Waals surface area (Å²) in [6.45, 7) is 1.74. The van der Waals surface area contributed by atoms with Gasteiger partial charge in [-0.3, -0.25) is 0 Å². The van der Waals surface area contributed by atoms with Crippen LogP contribution >= 0.6 is 23.2 Å². The smallest absolute Gasteiger partial charge is 0.0785 e. The monoisotopic (exact) mass is 277 g/mol. The van der Waals surface area contributed by atoms with Crippen LogP contribution in [0.4, 0.5) is 0 Å². The summed E-state index contributed by atoms with van der Waals surface area (Å²) in [5.74, 6) is 0. The maximum atomic E-state index is 9.43. The number of ether oxygens (including phenoxy) is 1. The molecule has 17 heavy (non-hydrogen) atoms. The first kappa shape index (κ1) is 14.7. The Morgan fingerprint density at radius 1 is 1.41 bits per heavy atom. The van der Waals surface area contributed by atoms with Crippen molar-refractivity contribution in [2.24, 2.45) is 0 Å². The zero-order valence-corrected chi connectivity index (χ0v) is 11.3. The summed E-state index contributed by atoms with van der Waals surface area (Å²) < 4.78 is 4.84. The van der Waals surface area contributed by atoms with Crippen molar-refractivity contribution in [1.82, 2.24) is 5.32 Å². The molecule has 0 aliphatic carbocycles. The zero-order chi connectivity index (χ0) is 12.7. The molecule has 0 fully saturated rings. The van der Waals surface area contributed by atoms with Crippen LogP contribution < -0.4 is 5.32 Å². The van der Waals surface area contributed by atoms with Crippen molar-refractivity contribution in [2.75, 3.05) is 20.3 Å².